The summed E-state index contributed by atoms with van der Waals surface area (Å²) in [4.78, 5) is 11.3. The van der Waals surface area contributed by atoms with E-state index in [1.54, 1.807) is 0 Å². The second-order valence-corrected chi connectivity index (χ2v) is 4.40. The molecule has 1 N–H and O–H groups in total. The van der Waals surface area contributed by atoms with Crippen molar-refractivity contribution in [3.63, 3.8) is 0 Å². The molecule has 0 fully saturated rings. The minimum Gasteiger partial charge on any atom is -0.665 e. The van der Waals surface area contributed by atoms with Crippen LogP contribution >= 0.6 is 0 Å². The van der Waals surface area contributed by atoms with Crippen LogP contribution in [0.2, 0.25) is 0 Å². The standard InChI is InChI=1S/C10H20NO2.2CH3.Al/c1-6-7(2)8(11)9(12)13-10(3,4)5;;;/h7-8,11H,6H2,1-5H3;2*1H3;/q3*-1;+3/t7-,8-;;;/m0.../s1. The Morgan fingerprint density at radius 1 is 1.31 bits per heavy atom. The van der Waals surface area contributed by atoms with Gasteiger partial charge in [-0.05, 0) is 26.8 Å². The smallest absolute Gasteiger partial charge is 0.665 e. The van der Waals surface area contributed by atoms with Gasteiger partial charge in [0.25, 0.3) is 5.97 Å². The average Bonchev–Trinajstić information content (AvgIpc) is 1.98. The summed E-state index contributed by atoms with van der Waals surface area (Å²) < 4.78 is 5.10. The van der Waals surface area contributed by atoms with E-state index in [4.69, 9.17) is 10.5 Å². The van der Waals surface area contributed by atoms with Gasteiger partial charge in [0.15, 0.2) is 0 Å². The molecule has 16 heavy (non-hydrogen) atoms. The molecule has 2 atom stereocenters. The Balaban J connectivity index is -0.000000240. The van der Waals surface area contributed by atoms with Crippen LogP contribution in [0, 0.1) is 20.8 Å². The van der Waals surface area contributed by atoms with E-state index in [9.17, 15) is 4.79 Å². The van der Waals surface area contributed by atoms with Gasteiger partial charge in [0, 0.05) is 0 Å². The molecule has 0 unspecified atom stereocenters. The molecule has 0 aromatic heterocycles. The second-order valence-electron chi connectivity index (χ2n) is 4.40. The first-order chi connectivity index (χ1) is 5.78. The Morgan fingerprint density at radius 3 is 1.94 bits per heavy atom. The van der Waals surface area contributed by atoms with E-state index in [1.807, 2.05) is 34.6 Å². The number of nitrogens with one attached hydrogen (secondary N) is 1. The fourth-order valence-corrected chi connectivity index (χ4v) is 0.833. The van der Waals surface area contributed by atoms with E-state index < -0.39 is 17.6 Å². The van der Waals surface area contributed by atoms with Gasteiger partial charge < -0.3 is 25.3 Å². The molecular weight excluding hydrogens is 217 g/mol. The second kappa shape index (κ2) is 10.1. The van der Waals surface area contributed by atoms with Crippen LogP contribution in [0.15, 0.2) is 0 Å². The maximum atomic E-state index is 11.3. The van der Waals surface area contributed by atoms with Crippen molar-refractivity contribution >= 4 is 23.3 Å². The van der Waals surface area contributed by atoms with Crippen LogP contribution in [0.3, 0.4) is 0 Å². The van der Waals surface area contributed by atoms with E-state index in [2.05, 4.69) is 0 Å². The molecule has 0 saturated heterocycles. The number of rotatable bonds is 3. The zero-order valence-corrected chi connectivity index (χ0v) is 12.9. The molecule has 0 aromatic rings. The van der Waals surface area contributed by atoms with Crippen LogP contribution in [0.1, 0.15) is 41.0 Å². The number of carbonyl (C=O) groups excluding carboxylic acids is 1. The van der Waals surface area contributed by atoms with Gasteiger partial charge in [-0.2, -0.15) is 0 Å². The Bertz CT molecular complexity index is 178. The Morgan fingerprint density at radius 2 is 1.69 bits per heavy atom. The van der Waals surface area contributed by atoms with Gasteiger partial charge in [-0.15, -0.1) is 0 Å². The van der Waals surface area contributed by atoms with Crippen LogP contribution in [0.4, 0.5) is 0 Å². The molecule has 0 bridgehead atoms. The van der Waals surface area contributed by atoms with E-state index in [0.717, 1.165) is 6.42 Å². The topological polar surface area (TPSA) is 50.1 Å². The van der Waals surface area contributed by atoms with E-state index >= 15 is 0 Å². The fourth-order valence-electron chi connectivity index (χ4n) is 0.833. The summed E-state index contributed by atoms with van der Waals surface area (Å²) in [5.41, 5.74) is 7.11. The van der Waals surface area contributed by atoms with E-state index in [0.29, 0.717) is 0 Å². The van der Waals surface area contributed by atoms with Crippen LogP contribution in [0.25, 0.3) is 5.73 Å². The zero-order valence-electron chi connectivity index (χ0n) is 11.8. The van der Waals surface area contributed by atoms with Crippen molar-refractivity contribution in [1.29, 1.82) is 0 Å². The van der Waals surface area contributed by atoms with Gasteiger partial charge in [-0.3, -0.25) is 4.79 Å². The summed E-state index contributed by atoms with van der Waals surface area (Å²) in [6.07, 6.45) is 0.827. The molecule has 4 heteroatoms. The maximum Gasteiger partial charge on any atom is 3.00 e. The van der Waals surface area contributed by atoms with Gasteiger partial charge >= 0.3 is 17.4 Å². The van der Waals surface area contributed by atoms with Crippen molar-refractivity contribution in [2.24, 2.45) is 5.92 Å². The van der Waals surface area contributed by atoms with Crippen molar-refractivity contribution in [3.05, 3.63) is 20.6 Å². The van der Waals surface area contributed by atoms with Crippen LogP contribution in [-0.4, -0.2) is 35.0 Å². The first kappa shape index (κ1) is 25.0. The van der Waals surface area contributed by atoms with Crippen LogP contribution in [-0.2, 0) is 9.53 Å². The summed E-state index contributed by atoms with van der Waals surface area (Å²) in [6.45, 7) is 9.30. The van der Waals surface area contributed by atoms with Crippen molar-refractivity contribution in [2.45, 2.75) is 52.7 Å². The fraction of sp³-hybridized carbons (Fsp3) is 0.750. The monoisotopic (exact) mass is 243 g/mol. The number of hydrogen-bond acceptors (Lipinski definition) is 2. The molecule has 0 amide bonds. The minimum atomic E-state index is -0.746. The number of carbonyl (C=O) groups is 1. The van der Waals surface area contributed by atoms with Crippen molar-refractivity contribution in [2.75, 3.05) is 0 Å². The molecule has 0 aromatic carbocycles. The van der Waals surface area contributed by atoms with Crippen LogP contribution < -0.4 is 0 Å². The third-order valence-corrected chi connectivity index (χ3v) is 1.87. The summed E-state index contributed by atoms with van der Waals surface area (Å²) >= 11 is 0. The summed E-state index contributed by atoms with van der Waals surface area (Å²) in [7, 11) is 0. The molecule has 0 heterocycles. The average molecular weight is 243 g/mol. The molecule has 0 aliphatic rings. The van der Waals surface area contributed by atoms with Gasteiger partial charge in [0.1, 0.15) is 5.60 Å². The summed E-state index contributed by atoms with van der Waals surface area (Å²) in [5.74, 6) is -0.350. The molecule has 0 radical (unpaired) electrons. The molecule has 0 saturated carbocycles. The third kappa shape index (κ3) is 10.5. The number of ether oxygens (including phenoxy) is 1. The minimum absolute atomic E-state index is 0. The van der Waals surface area contributed by atoms with Crippen LogP contribution in [0.5, 0.6) is 0 Å². The first-order valence-electron chi connectivity index (χ1n) is 4.72. The van der Waals surface area contributed by atoms with Gasteiger partial charge in [-0.25, -0.2) is 0 Å². The Kier molecular flexibility index (Phi) is 15.8. The van der Waals surface area contributed by atoms with Gasteiger partial charge in [0.05, 0.1) is 0 Å². The Labute approximate surface area is 112 Å². The quantitative estimate of drug-likeness (QED) is 0.434. The predicted molar refractivity (Wildman–Crippen MR) is 72.0 cm³/mol. The molecule has 0 aliphatic carbocycles. The summed E-state index contributed by atoms with van der Waals surface area (Å²) in [5, 5.41) is 0. The van der Waals surface area contributed by atoms with Crippen molar-refractivity contribution in [1.82, 2.24) is 0 Å². The molecule has 3 nitrogen and oxygen atoms in total. The van der Waals surface area contributed by atoms with Crippen molar-refractivity contribution in [3.8, 4) is 0 Å². The molecule has 0 spiro atoms. The number of hydrogen-bond donors (Lipinski definition) is 0. The molecule has 0 rings (SSSR count). The predicted octanol–water partition coefficient (Wildman–Crippen LogP) is 3.31. The maximum absolute atomic E-state index is 11.3. The third-order valence-electron chi connectivity index (χ3n) is 1.87. The largest absolute Gasteiger partial charge is 3.00 e. The first-order valence-corrected chi connectivity index (χ1v) is 4.72. The molecule has 94 valence electrons. The normalized spacial score (nSPS) is 13.4. The molecular formula is C12H26AlNO2. The zero-order chi connectivity index (χ0) is 10.6. The van der Waals surface area contributed by atoms with Gasteiger partial charge in [0.2, 0.25) is 0 Å². The Hall–Kier alpha value is -0.0375. The van der Waals surface area contributed by atoms with E-state index in [1.165, 1.54) is 0 Å². The SMILES string of the molecule is CC[C@H](C)[C@H]([NH-])C(=O)OC(C)(C)C.[Al+3].[CH3-].[CH3-]. The van der Waals surface area contributed by atoms with E-state index in [-0.39, 0.29) is 38.1 Å². The molecule has 0 aliphatic heterocycles. The number of esters is 1. The summed E-state index contributed by atoms with van der Waals surface area (Å²) in [6, 6.07) is -0.746. The van der Waals surface area contributed by atoms with Gasteiger partial charge in [-0.1, -0.05) is 26.2 Å². The van der Waals surface area contributed by atoms with Crippen molar-refractivity contribution < 1.29 is 9.53 Å².